The van der Waals surface area contributed by atoms with Crippen molar-refractivity contribution in [2.24, 2.45) is 0 Å². The van der Waals surface area contributed by atoms with Crippen molar-refractivity contribution in [3.05, 3.63) is 74.4 Å². The number of rotatable bonds is 2. The molecule has 0 atom stereocenters. The summed E-state index contributed by atoms with van der Waals surface area (Å²) in [7, 11) is 0. The summed E-state index contributed by atoms with van der Waals surface area (Å²) in [5.74, 6) is -1.08. The van der Waals surface area contributed by atoms with Gasteiger partial charge in [0, 0.05) is 28.6 Å². The van der Waals surface area contributed by atoms with Gasteiger partial charge in [-0.15, -0.1) is 0 Å². The summed E-state index contributed by atoms with van der Waals surface area (Å²) in [5.41, 5.74) is 1.25. The molecule has 0 spiro atoms. The summed E-state index contributed by atoms with van der Waals surface area (Å²) in [6.45, 7) is 0. The maximum absolute atomic E-state index is 12.0. The first-order chi connectivity index (χ1) is 12.9. The van der Waals surface area contributed by atoms with Gasteiger partial charge in [0.2, 0.25) is 5.43 Å². The van der Waals surface area contributed by atoms with Crippen molar-refractivity contribution in [1.82, 2.24) is 0 Å². The zero-order chi connectivity index (χ0) is 19.3. The molecule has 4 rings (SSSR count). The van der Waals surface area contributed by atoms with Crippen LogP contribution in [0.1, 0.15) is 10.4 Å². The molecule has 27 heavy (non-hydrogen) atoms. The molecule has 1 aliphatic heterocycles. The fourth-order valence-electron chi connectivity index (χ4n) is 3.08. The van der Waals surface area contributed by atoms with Gasteiger partial charge in [0.25, 0.3) is 0 Å². The third-order valence-corrected chi connectivity index (χ3v) is 4.87. The second kappa shape index (κ2) is 6.30. The number of aromatic carboxylic acids is 1. The number of phenols is 1. The van der Waals surface area contributed by atoms with Crippen LogP contribution in [0.25, 0.3) is 33.4 Å². The average Bonchev–Trinajstić information content (AvgIpc) is 2.63. The van der Waals surface area contributed by atoms with E-state index in [0.717, 1.165) is 0 Å². The van der Waals surface area contributed by atoms with E-state index in [9.17, 15) is 19.8 Å². The van der Waals surface area contributed by atoms with Crippen LogP contribution in [0.5, 0.6) is 5.75 Å². The molecule has 0 saturated heterocycles. The maximum Gasteiger partial charge on any atom is 0.336 e. The van der Waals surface area contributed by atoms with Crippen molar-refractivity contribution in [3.63, 3.8) is 0 Å². The monoisotopic (exact) mass is 400 g/mol. The summed E-state index contributed by atoms with van der Waals surface area (Å²) < 4.78 is 5.76. The molecule has 134 valence electrons. The van der Waals surface area contributed by atoms with Gasteiger partial charge in [-0.2, -0.15) is 0 Å². The summed E-state index contributed by atoms with van der Waals surface area (Å²) in [5, 5.41) is 20.1. The lowest BCUT2D eigenvalue weighted by Gasteiger charge is -2.17. The Morgan fingerprint density at radius 3 is 2.44 bits per heavy atom. The second-order valence-electron chi connectivity index (χ2n) is 5.91. The molecule has 0 saturated carbocycles. The quantitative estimate of drug-likeness (QED) is 0.447. The van der Waals surface area contributed by atoms with Crippen LogP contribution in [-0.2, 0) is 0 Å². The molecule has 2 N–H and O–H groups in total. The summed E-state index contributed by atoms with van der Waals surface area (Å²) in [6, 6.07) is 11.9. The van der Waals surface area contributed by atoms with Crippen molar-refractivity contribution in [3.8, 4) is 28.2 Å². The summed E-state index contributed by atoms with van der Waals surface area (Å²) >= 11 is 12.1. The fraction of sp³-hybridized carbons (Fsp3) is 0. The van der Waals surface area contributed by atoms with E-state index in [4.69, 9.17) is 27.6 Å². The number of hydrogen-bond donors (Lipinski definition) is 2. The number of fused-ring (bicyclic) bond motifs is 2. The van der Waals surface area contributed by atoms with Gasteiger partial charge < -0.3 is 14.6 Å². The Balaban J connectivity index is 2.27. The number of carbonyl (C=O) groups is 1. The fourth-order valence-corrected chi connectivity index (χ4v) is 3.41. The number of carboxylic acid groups (broad SMARTS) is 1. The number of carboxylic acids is 1. The average molecular weight is 401 g/mol. The minimum absolute atomic E-state index is 0.0176. The van der Waals surface area contributed by atoms with Gasteiger partial charge in [-0.05, 0) is 23.8 Å². The van der Waals surface area contributed by atoms with Crippen LogP contribution in [-0.4, -0.2) is 16.2 Å². The van der Waals surface area contributed by atoms with E-state index < -0.39 is 11.4 Å². The highest BCUT2D eigenvalue weighted by atomic mass is 35.5. The second-order valence-corrected chi connectivity index (χ2v) is 6.72. The molecule has 0 unspecified atom stereocenters. The van der Waals surface area contributed by atoms with E-state index in [2.05, 4.69) is 0 Å². The Morgan fingerprint density at radius 2 is 1.70 bits per heavy atom. The predicted octanol–water partition coefficient (Wildman–Crippen LogP) is 5.28. The topological polar surface area (TPSA) is 87.7 Å². The summed E-state index contributed by atoms with van der Waals surface area (Å²) in [4.78, 5) is 23.7. The molecule has 2 aromatic rings. The molecular weight excluding hydrogens is 391 g/mol. The zero-order valence-electron chi connectivity index (χ0n) is 13.5. The molecule has 2 aliphatic rings. The standard InChI is InChI=1S/C20H10Cl2O5/c21-13-5-11-17(7-15(13)23)27-18-8-16(24)14(22)6-12(18)19(11)9-3-1-2-4-10(9)20(25)26/h1-8,23H,(H,25,26). The molecule has 0 aromatic heterocycles. The van der Waals surface area contributed by atoms with Gasteiger partial charge in [0.05, 0.1) is 15.6 Å². The molecule has 1 aliphatic carbocycles. The first kappa shape index (κ1) is 17.4. The molecule has 0 radical (unpaired) electrons. The van der Waals surface area contributed by atoms with Crippen LogP contribution in [0, 0.1) is 0 Å². The van der Waals surface area contributed by atoms with Crippen LogP contribution < -0.4 is 5.43 Å². The van der Waals surface area contributed by atoms with Gasteiger partial charge >= 0.3 is 5.97 Å². The number of phenolic OH excluding ortho intramolecular Hbond substituents is 1. The Morgan fingerprint density at radius 1 is 0.963 bits per heavy atom. The largest absolute Gasteiger partial charge is 0.506 e. The SMILES string of the molecule is O=C(O)c1ccccc1-c1c2cc(Cl)c(=O)cc-2oc2cc(O)c(Cl)cc12. The lowest BCUT2D eigenvalue weighted by atomic mass is 9.91. The number of halogens is 2. The Bertz CT molecular complexity index is 1260. The van der Waals surface area contributed by atoms with E-state index in [0.29, 0.717) is 22.1 Å². The first-order valence-corrected chi connectivity index (χ1v) is 8.53. The van der Waals surface area contributed by atoms with Crippen molar-refractivity contribution >= 4 is 40.1 Å². The third-order valence-electron chi connectivity index (χ3n) is 4.27. The van der Waals surface area contributed by atoms with Gasteiger partial charge in [-0.3, -0.25) is 4.79 Å². The van der Waals surface area contributed by atoms with E-state index in [1.165, 1.54) is 30.3 Å². The Labute approximate surface area is 162 Å². The highest BCUT2D eigenvalue weighted by molar-refractivity contribution is 6.33. The van der Waals surface area contributed by atoms with Crippen molar-refractivity contribution in [2.75, 3.05) is 0 Å². The number of benzene rings is 3. The van der Waals surface area contributed by atoms with E-state index >= 15 is 0 Å². The highest BCUT2D eigenvalue weighted by Gasteiger charge is 2.23. The molecule has 2 aromatic carbocycles. The maximum atomic E-state index is 12.0. The van der Waals surface area contributed by atoms with Gasteiger partial charge in [-0.25, -0.2) is 4.79 Å². The minimum Gasteiger partial charge on any atom is -0.506 e. The van der Waals surface area contributed by atoms with Crippen LogP contribution in [0.2, 0.25) is 10.0 Å². The summed E-state index contributed by atoms with van der Waals surface area (Å²) in [6.07, 6.45) is 0. The van der Waals surface area contributed by atoms with Crippen LogP contribution in [0.3, 0.4) is 0 Å². The molecule has 7 heteroatoms. The molecule has 5 nitrogen and oxygen atoms in total. The lowest BCUT2D eigenvalue weighted by molar-refractivity contribution is 0.0697. The Kier molecular flexibility index (Phi) is 4.06. The molecule has 0 bridgehead atoms. The lowest BCUT2D eigenvalue weighted by Crippen LogP contribution is -2.04. The smallest absolute Gasteiger partial charge is 0.336 e. The van der Waals surface area contributed by atoms with Gasteiger partial charge in [0.1, 0.15) is 17.1 Å². The molecule has 0 fully saturated rings. The highest BCUT2D eigenvalue weighted by Crippen LogP contribution is 2.44. The molecule has 0 amide bonds. The zero-order valence-corrected chi connectivity index (χ0v) is 15.0. The molecule has 1 heterocycles. The van der Waals surface area contributed by atoms with Crippen LogP contribution >= 0.6 is 23.2 Å². The van der Waals surface area contributed by atoms with Crippen molar-refractivity contribution in [2.45, 2.75) is 0 Å². The van der Waals surface area contributed by atoms with Crippen LogP contribution in [0.4, 0.5) is 0 Å². The van der Waals surface area contributed by atoms with E-state index in [-0.39, 0.29) is 32.7 Å². The van der Waals surface area contributed by atoms with Gasteiger partial charge in [-0.1, -0.05) is 41.4 Å². The van der Waals surface area contributed by atoms with E-state index in [1.54, 1.807) is 18.2 Å². The Hall–Kier alpha value is -3.02. The van der Waals surface area contributed by atoms with Crippen LogP contribution in [0.15, 0.2) is 57.7 Å². The van der Waals surface area contributed by atoms with Crippen molar-refractivity contribution in [1.29, 1.82) is 0 Å². The number of hydrogen-bond acceptors (Lipinski definition) is 4. The predicted molar refractivity (Wildman–Crippen MR) is 103 cm³/mol. The third kappa shape index (κ3) is 2.81. The van der Waals surface area contributed by atoms with E-state index in [1.807, 2.05) is 0 Å². The first-order valence-electron chi connectivity index (χ1n) is 7.78. The minimum atomic E-state index is -1.11. The normalized spacial score (nSPS) is 11.2. The molecular formula is C20H10Cl2O5. The van der Waals surface area contributed by atoms with Crippen molar-refractivity contribution < 1.29 is 19.4 Å². The number of aromatic hydroxyl groups is 1. The van der Waals surface area contributed by atoms with Gasteiger partial charge in [0.15, 0.2) is 0 Å².